The van der Waals surface area contributed by atoms with Gasteiger partial charge in [0.25, 0.3) is 0 Å². The highest BCUT2D eigenvalue weighted by atomic mass is 16.5. The fraction of sp³-hybridized carbons (Fsp3) is 0.667. The molecular weight excluding hydrogens is 208 g/mol. The number of carbonyl (C=O) groups excluding carboxylic acids is 2. The summed E-state index contributed by atoms with van der Waals surface area (Å²) in [6.45, 7) is 7.95. The van der Waals surface area contributed by atoms with Crippen molar-refractivity contribution in [1.82, 2.24) is 0 Å². The molecule has 16 heavy (non-hydrogen) atoms. The Morgan fingerprint density at radius 1 is 1.12 bits per heavy atom. The zero-order chi connectivity index (χ0) is 12.6. The van der Waals surface area contributed by atoms with Crippen molar-refractivity contribution in [3.8, 4) is 0 Å². The lowest BCUT2D eigenvalue weighted by Gasteiger charge is -2.18. The molecule has 92 valence electrons. The molecule has 0 aromatic rings. The van der Waals surface area contributed by atoms with Gasteiger partial charge in [-0.1, -0.05) is 19.9 Å². The highest BCUT2D eigenvalue weighted by Gasteiger charge is 2.20. The standard InChI is InChI=1S/C12H20O4/c1-5-15-10(13)7-8-12(3,4)9-11(14)16-6-2/h7-8H,5-6,9H2,1-4H3/b8-7-. The Morgan fingerprint density at radius 2 is 1.69 bits per heavy atom. The molecule has 0 aliphatic rings. The monoisotopic (exact) mass is 228 g/mol. The molecule has 0 fully saturated rings. The second-order valence-corrected chi connectivity index (χ2v) is 4.06. The Kier molecular flexibility index (Phi) is 6.46. The summed E-state index contributed by atoms with van der Waals surface area (Å²) < 4.78 is 9.59. The van der Waals surface area contributed by atoms with Crippen LogP contribution in [0.5, 0.6) is 0 Å². The molecule has 0 heterocycles. The summed E-state index contributed by atoms with van der Waals surface area (Å²) in [4.78, 5) is 22.3. The topological polar surface area (TPSA) is 52.6 Å². The van der Waals surface area contributed by atoms with Gasteiger partial charge < -0.3 is 9.47 Å². The van der Waals surface area contributed by atoms with E-state index in [9.17, 15) is 9.59 Å². The third-order valence-corrected chi connectivity index (χ3v) is 1.86. The van der Waals surface area contributed by atoms with E-state index in [0.29, 0.717) is 13.2 Å². The maximum absolute atomic E-state index is 11.3. The lowest BCUT2D eigenvalue weighted by molar-refractivity contribution is -0.145. The lowest BCUT2D eigenvalue weighted by Crippen LogP contribution is -2.17. The summed E-state index contributed by atoms with van der Waals surface area (Å²) in [6, 6.07) is 0. The van der Waals surface area contributed by atoms with Crippen molar-refractivity contribution in [3.63, 3.8) is 0 Å². The molecule has 0 aromatic carbocycles. The van der Waals surface area contributed by atoms with Gasteiger partial charge in [-0.15, -0.1) is 0 Å². The molecule has 0 saturated carbocycles. The first kappa shape index (κ1) is 14.7. The van der Waals surface area contributed by atoms with Gasteiger partial charge in [0.05, 0.1) is 19.6 Å². The molecule has 0 spiro atoms. The van der Waals surface area contributed by atoms with Crippen LogP contribution in [0, 0.1) is 5.41 Å². The Balaban J connectivity index is 4.22. The summed E-state index contributed by atoms with van der Waals surface area (Å²) in [5, 5.41) is 0. The Morgan fingerprint density at radius 3 is 2.19 bits per heavy atom. The van der Waals surface area contributed by atoms with Crippen molar-refractivity contribution in [2.75, 3.05) is 13.2 Å². The molecule has 0 atom stereocenters. The van der Waals surface area contributed by atoms with Gasteiger partial charge in [0, 0.05) is 6.08 Å². The van der Waals surface area contributed by atoms with Crippen LogP contribution in [0.4, 0.5) is 0 Å². The van der Waals surface area contributed by atoms with Gasteiger partial charge in [-0.25, -0.2) is 4.79 Å². The van der Waals surface area contributed by atoms with Crippen LogP contribution < -0.4 is 0 Å². The van der Waals surface area contributed by atoms with Gasteiger partial charge in [-0.05, 0) is 19.3 Å². The van der Waals surface area contributed by atoms with Crippen molar-refractivity contribution in [2.24, 2.45) is 5.41 Å². The van der Waals surface area contributed by atoms with Crippen LogP contribution in [-0.2, 0) is 19.1 Å². The normalized spacial score (nSPS) is 11.5. The first-order valence-electron chi connectivity index (χ1n) is 5.43. The molecule has 0 aliphatic heterocycles. The van der Waals surface area contributed by atoms with Crippen LogP contribution in [0.25, 0.3) is 0 Å². The maximum Gasteiger partial charge on any atom is 0.330 e. The zero-order valence-electron chi connectivity index (χ0n) is 10.4. The van der Waals surface area contributed by atoms with Gasteiger partial charge in [0.15, 0.2) is 0 Å². The van der Waals surface area contributed by atoms with Gasteiger partial charge in [0.2, 0.25) is 0 Å². The highest BCUT2D eigenvalue weighted by molar-refractivity contribution is 5.82. The van der Waals surface area contributed by atoms with Crippen molar-refractivity contribution >= 4 is 11.9 Å². The molecular formula is C12H20O4. The summed E-state index contributed by atoms with van der Waals surface area (Å²) in [5.41, 5.74) is -0.404. The van der Waals surface area contributed by atoms with E-state index in [2.05, 4.69) is 0 Å². The van der Waals surface area contributed by atoms with Crippen molar-refractivity contribution < 1.29 is 19.1 Å². The molecule has 0 unspecified atom stereocenters. The number of esters is 2. The second kappa shape index (κ2) is 7.04. The molecule has 0 rings (SSSR count). The predicted molar refractivity (Wildman–Crippen MR) is 60.8 cm³/mol. The number of hydrogen-bond acceptors (Lipinski definition) is 4. The van der Waals surface area contributed by atoms with E-state index in [1.54, 1.807) is 19.9 Å². The van der Waals surface area contributed by atoms with Gasteiger partial charge in [-0.3, -0.25) is 4.79 Å². The van der Waals surface area contributed by atoms with Crippen molar-refractivity contribution in [1.29, 1.82) is 0 Å². The number of ether oxygens (including phenoxy) is 2. The first-order valence-corrected chi connectivity index (χ1v) is 5.43. The number of hydrogen-bond donors (Lipinski definition) is 0. The summed E-state index contributed by atoms with van der Waals surface area (Å²) in [5.74, 6) is -0.652. The van der Waals surface area contributed by atoms with E-state index < -0.39 is 5.41 Å². The van der Waals surface area contributed by atoms with Crippen LogP contribution in [0.2, 0.25) is 0 Å². The molecule has 0 aliphatic carbocycles. The molecule has 0 N–H and O–H groups in total. The maximum atomic E-state index is 11.3. The molecule has 4 nitrogen and oxygen atoms in total. The fourth-order valence-electron chi connectivity index (χ4n) is 1.13. The average Bonchev–Trinajstić information content (AvgIpc) is 2.15. The van der Waals surface area contributed by atoms with Crippen LogP contribution in [0.1, 0.15) is 34.1 Å². The lowest BCUT2D eigenvalue weighted by atomic mass is 9.89. The van der Waals surface area contributed by atoms with Gasteiger partial charge in [-0.2, -0.15) is 0 Å². The average molecular weight is 228 g/mol. The van der Waals surface area contributed by atoms with E-state index in [1.165, 1.54) is 6.08 Å². The van der Waals surface area contributed by atoms with Crippen molar-refractivity contribution in [2.45, 2.75) is 34.1 Å². The van der Waals surface area contributed by atoms with Crippen LogP contribution in [0.15, 0.2) is 12.2 Å². The van der Waals surface area contributed by atoms with Crippen LogP contribution in [0.3, 0.4) is 0 Å². The SMILES string of the molecule is CCOC(=O)/C=C\C(C)(C)CC(=O)OCC. The zero-order valence-corrected chi connectivity index (χ0v) is 10.4. The molecule has 0 radical (unpaired) electrons. The third kappa shape index (κ3) is 7.04. The van der Waals surface area contributed by atoms with E-state index in [1.807, 2.05) is 13.8 Å². The smallest absolute Gasteiger partial charge is 0.330 e. The summed E-state index contributed by atoms with van der Waals surface area (Å²) in [6.07, 6.45) is 3.27. The third-order valence-electron chi connectivity index (χ3n) is 1.86. The molecule has 0 bridgehead atoms. The summed E-state index contributed by atoms with van der Waals surface area (Å²) >= 11 is 0. The quantitative estimate of drug-likeness (QED) is 0.516. The molecule has 0 saturated heterocycles. The first-order chi connectivity index (χ1) is 7.41. The number of allylic oxidation sites excluding steroid dienone is 1. The van der Waals surface area contributed by atoms with E-state index >= 15 is 0 Å². The van der Waals surface area contributed by atoms with E-state index in [0.717, 1.165) is 0 Å². The fourth-order valence-corrected chi connectivity index (χ4v) is 1.13. The van der Waals surface area contributed by atoms with E-state index in [-0.39, 0.29) is 18.4 Å². The van der Waals surface area contributed by atoms with E-state index in [4.69, 9.17) is 9.47 Å². The second-order valence-electron chi connectivity index (χ2n) is 4.06. The summed E-state index contributed by atoms with van der Waals surface area (Å²) in [7, 11) is 0. The number of carbonyl (C=O) groups is 2. The molecule has 0 amide bonds. The van der Waals surface area contributed by atoms with Crippen LogP contribution >= 0.6 is 0 Å². The molecule has 4 heteroatoms. The van der Waals surface area contributed by atoms with Crippen LogP contribution in [-0.4, -0.2) is 25.2 Å². The van der Waals surface area contributed by atoms with Crippen molar-refractivity contribution in [3.05, 3.63) is 12.2 Å². The van der Waals surface area contributed by atoms with Gasteiger partial charge >= 0.3 is 11.9 Å². The van der Waals surface area contributed by atoms with Gasteiger partial charge in [0.1, 0.15) is 0 Å². The largest absolute Gasteiger partial charge is 0.466 e. The minimum atomic E-state index is -0.404. The highest BCUT2D eigenvalue weighted by Crippen LogP contribution is 2.22. The Labute approximate surface area is 96.6 Å². The minimum absolute atomic E-state index is 0.247. The number of rotatable bonds is 6. The molecule has 0 aromatic heterocycles. The predicted octanol–water partition coefficient (Wildman–Crippen LogP) is 2.09. The Hall–Kier alpha value is -1.32. The Bertz CT molecular complexity index is 266. The minimum Gasteiger partial charge on any atom is -0.466 e.